The molecule has 0 aliphatic carbocycles. The Morgan fingerprint density at radius 3 is 2.53 bits per heavy atom. The summed E-state index contributed by atoms with van der Waals surface area (Å²) >= 11 is 6.00. The average molecular weight is 272 g/mol. The number of nitriles is 1. The molecule has 2 aromatic rings. The Morgan fingerprint density at radius 1 is 1.16 bits per heavy atom. The minimum atomic E-state index is 0.380. The van der Waals surface area contributed by atoms with Crippen molar-refractivity contribution in [3.63, 3.8) is 0 Å². The van der Waals surface area contributed by atoms with Crippen molar-refractivity contribution in [1.29, 1.82) is 5.26 Å². The van der Waals surface area contributed by atoms with E-state index in [-0.39, 0.29) is 0 Å². The van der Waals surface area contributed by atoms with Crippen LogP contribution in [0.3, 0.4) is 0 Å². The highest BCUT2D eigenvalue weighted by Crippen LogP contribution is 2.31. The average Bonchev–Trinajstić information content (AvgIpc) is 2.39. The number of nitrogens with zero attached hydrogens (tertiary/aromatic N) is 1. The molecule has 0 heterocycles. The van der Waals surface area contributed by atoms with Gasteiger partial charge >= 0.3 is 0 Å². The molecule has 0 N–H and O–H groups in total. The van der Waals surface area contributed by atoms with Crippen molar-refractivity contribution in [2.75, 3.05) is 0 Å². The zero-order chi connectivity index (χ0) is 13.8. The smallest absolute Gasteiger partial charge is 0.130 e. The largest absolute Gasteiger partial charge is 0.457 e. The van der Waals surface area contributed by atoms with Crippen LogP contribution >= 0.6 is 11.6 Å². The summed E-state index contributed by atoms with van der Waals surface area (Å²) in [5.41, 5.74) is 1.59. The third-order valence-electron chi connectivity index (χ3n) is 2.83. The van der Waals surface area contributed by atoms with Gasteiger partial charge < -0.3 is 4.74 Å². The van der Waals surface area contributed by atoms with Gasteiger partial charge in [-0.2, -0.15) is 5.26 Å². The second-order valence-corrected chi connectivity index (χ2v) is 4.96. The van der Waals surface area contributed by atoms with Gasteiger partial charge in [-0.05, 0) is 29.7 Å². The monoisotopic (exact) mass is 271 g/mol. The van der Waals surface area contributed by atoms with Crippen LogP contribution in [-0.4, -0.2) is 0 Å². The first-order valence-corrected chi connectivity index (χ1v) is 6.46. The van der Waals surface area contributed by atoms with E-state index in [2.05, 4.69) is 13.8 Å². The van der Waals surface area contributed by atoms with Gasteiger partial charge in [0.25, 0.3) is 0 Å². The van der Waals surface area contributed by atoms with Gasteiger partial charge in [0.05, 0.1) is 10.6 Å². The Labute approximate surface area is 118 Å². The van der Waals surface area contributed by atoms with Crippen molar-refractivity contribution in [2.24, 2.45) is 0 Å². The van der Waals surface area contributed by atoms with E-state index in [1.807, 2.05) is 30.3 Å². The highest BCUT2D eigenvalue weighted by atomic mass is 35.5. The number of hydrogen-bond donors (Lipinski definition) is 0. The van der Waals surface area contributed by atoms with Crippen molar-refractivity contribution in [3.8, 4) is 17.6 Å². The van der Waals surface area contributed by atoms with Crippen LogP contribution < -0.4 is 4.74 Å². The molecule has 2 rings (SSSR count). The molecule has 0 aromatic heterocycles. The summed E-state index contributed by atoms with van der Waals surface area (Å²) in [6.45, 7) is 4.24. The lowest BCUT2D eigenvalue weighted by molar-refractivity contribution is 0.473. The molecule has 0 amide bonds. The molecule has 2 aromatic carbocycles. The summed E-state index contributed by atoms with van der Waals surface area (Å²) in [4.78, 5) is 0. The van der Waals surface area contributed by atoms with Crippen LogP contribution in [0.15, 0.2) is 42.5 Å². The van der Waals surface area contributed by atoms with E-state index in [9.17, 15) is 0 Å². The standard InChI is InChI=1S/C16H14ClNO/c1-11(2)14-5-3-4-6-16(14)19-13-8-7-12(10-18)15(17)9-13/h3-9,11H,1-2H3. The second kappa shape index (κ2) is 5.77. The van der Waals surface area contributed by atoms with Gasteiger partial charge in [0.1, 0.15) is 17.6 Å². The van der Waals surface area contributed by atoms with Crippen molar-refractivity contribution < 1.29 is 4.74 Å². The lowest BCUT2D eigenvalue weighted by Crippen LogP contribution is -1.93. The van der Waals surface area contributed by atoms with Crippen LogP contribution in [0, 0.1) is 11.3 Å². The molecule has 0 spiro atoms. The number of rotatable bonds is 3. The molecular formula is C16H14ClNO. The Balaban J connectivity index is 2.32. The van der Waals surface area contributed by atoms with E-state index >= 15 is 0 Å². The van der Waals surface area contributed by atoms with Gasteiger partial charge in [0.2, 0.25) is 0 Å². The molecule has 0 aliphatic heterocycles. The molecule has 19 heavy (non-hydrogen) atoms. The Morgan fingerprint density at radius 2 is 1.89 bits per heavy atom. The molecule has 0 saturated carbocycles. The van der Waals surface area contributed by atoms with E-state index in [0.717, 1.165) is 11.3 Å². The third-order valence-corrected chi connectivity index (χ3v) is 3.14. The third kappa shape index (κ3) is 3.07. The van der Waals surface area contributed by atoms with E-state index in [4.69, 9.17) is 21.6 Å². The molecule has 0 fully saturated rings. The molecule has 0 unspecified atom stereocenters. The summed E-state index contributed by atoms with van der Waals surface area (Å²) in [7, 11) is 0. The first kappa shape index (κ1) is 13.5. The first-order valence-electron chi connectivity index (χ1n) is 6.08. The number of halogens is 1. The zero-order valence-electron chi connectivity index (χ0n) is 10.9. The second-order valence-electron chi connectivity index (χ2n) is 4.55. The number of ether oxygens (including phenoxy) is 1. The molecule has 0 radical (unpaired) electrons. The molecule has 0 bridgehead atoms. The molecule has 0 aliphatic rings. The fourth-order valence-electron chi connectivity index (χ4n) is 1.83. The van der Waals surface area contributed by atoms with E-state index in [1.165, 1.54) is 0 Å². The Kier molecular flexibility index (Phi) is 4.09. The lowest BCUT2D eigenvalue weighted by atomic mass is 10.0. The van der Waals surface area contributed by atoms with Gasteiger partial charge in [-0.15, -0.1) is 0 Å². The summed E-state index contributed by atoms with van der Waals surface area (Å²) in [6.07, 6.45) is 0. The Bertz CT molecular complexity index is 629. The first-order chi connectivity index (χ1) is 9.11. The van der Waals surface area contributed by atoms with Crippen molar-refractivity contribution in [3.05, 3.63) is 58.6 Å². The van der Waals surface area contributed by atoms with Crippen LogP contribution in [0.2, 0.25) is 5.02 Å². The van der Waals surface area contributed by atoms with Gasteiger partial charge in [-0.1, -0.05) is 43.6 Å². The van der Waals surface area contributed by atoms with Crippen LogP contribution in [0.1, 0.15) is 30.9 Å². The van der Waals surface area contributed by atoms with Crippen LogP contribution in [-0.2, 0) is 0 Å². The molecule has 2 nitrogen and oxygen atoms in total. The van der Waals surface area contributed by atoms with Crippen LogP contribution in [0.25, 0.3) is 0 Å². The summed E-state index contributed by atoms with van der Waals surface area (Å²) in [6, 6.07) is 15.0. The number of benzene rings is 2. The molecule has 0 atom stereocenters. The molecule has 0 saturated heterocycles. The highest BCUT2D eigenvalue weighted by Gasteiger charge is 2.09. The van der Waals surface area contributed by atoms with Crippen molar-refractivity contribution >= 4 is 11.6 Å². The predicted octanol–water partition coefficient (Wildman–Crippen LogP) is 5.13. The quantitative estimate of drug-likeness (QED) is 0.775. The normalized spacial score (nSPS) is 10.3. The van der Waals surface area contributed by atoms with E-state index in [0.29, 0.717) is 22.3 Å². The van der Waals surface area contributed by atoms with Gasteiger partial charge in [-0.3, -0.25) is 0 Å². The highest BCUT2D eigenvalue weighted by molar-refractivity contribution is 6.31. The topological polar surface area (TPSA) is 33.0 Å². The van der Waals surface area contributed by atoms with Crippen molar-refractivity contribution in [1.82, 2.24) is 0 Å². The van der Waals surface area contributed by atoms with Gasteiger partial charge in [0, 0.05) is 6.07 Å². The molecule has 3 heteroatoms. The summed E-state index contributed by atoms with van der Waals surface area (Å²) in [5.74, 6) is 1.83. The maximum Gasteiger partial charge on any atom is 0.130 e. The molecular weight excluding hydrogens is 258 g/mol. The number of hydrogen-bond acceptors (Lipinski definition) is 2. The van der Waals surface area contributed by atoms with E-state index < -0.39 is 0 Å². The minimum Gasteiger partial charge on any atom is -0.457 e. The maximum absolute atomic E-state index is 8.84. The lowest BCUT2D eigenvalue weighted by Gasteiger charge is -2.13. The minimum absolute atomic E-state index is 0.380. The summed E-state index contributed by atoms with van der Waals surface area (Å²) < 4.78 is 5.86. The SMILES string of the molecule is CC(C)c1ccccc1Oc1ccc(C#N)c(Cl)c1. The van der Waals surface area contributed by atoms with Crippen LogP contribution in [0.4, 0.5) is 0 Å². The number of para-hydroxylation sites is 1. The summed E-state index contributed by atoms with van der Waals surface area (Å²) in [5, 5.41) is 9.25. The zero-order valence-corrected chi connectivity index (χ0v) is 11.6. The molecule has 96 valence electrons. The fourth-order valence-corrected chi connectivity index (χ4v) is 2.04. The fraction of sp³-hybridized carbons (Fsp3) is 0.188. The maximum atomic E-state index is 8.84. The van der Waals surface area contributed by atoms with Crippen molar-refractivity contribution in [2.45, 2.75) is 19.8 Å². The predicted molar refractivity (Wildman–Crippen MR) is 76.8 cm³/mol. The van der Waals surface area contributed by atoms with Crippen LogP contribution in [0.5, 0.6) is 11.5 Å². The Hall–Kier alpha value is -1.98. The van der Waals surface area contributed by atoms with E-state index in [1.54, 1.807) is 18.2 Å². The van der Waals surface area contributed by atoms with Gasteiger partial charge in [0.15, 0.2) is 0 Å². The van der Waals surface area contributed by atoms with Gasteiger partial charge in [-0.25, -0.2) is 0 Å².